The SMILES string of the molecule is Cc1nnc2c3cc(-c4ccccc4)c(-c4ccc(CNC(=O)Cc5cc(O)nc(O)n5)cc4)nc3ccn12. The summed E-state index contributed by atoms with van der Waals surface area (Å²) in [6.07, 6.45) is 1.84. The zero-order valence-corrected chi connectivity index (χ0v) is 20.9. The smallest absolute Gasteiger partial charge is 0.317 e. The van der Waals surface area contributed by atoms with Crippen molar-refractivity contribution in [2.24, 2.45) is 0 Å². The van der Waals surface area contributed by atoms with Crippen LogP contribution in [0.2, 0.25) is 0 Å². The third kappa shape index (κ3) is 4.82. The van der Waals surface area contributed by atoms with Gasteiger partial charge in [0.2, 0.25) is 11.8 Å². The van der Waals surface area contributed by atoms with Gasteiger partial charge < -0.3 is 15.5 Å². The third-order valence-electron chi connectivity index (χ3n) is 6.44. The number of aromatic hydroxyl groups is 2. The number of benzene rings is 2. The molecular formula is C29H23N7O3. The highest BCUT2D eigenvalue weighted by molar-refractivity contribution is 5.98. The number of rotatable bonds is 6. The van der Waals surface area contributed by atoms with E-state index >= 15 is 0 Å². The van der Waals surface area contributed by atoms with Crippen LogP contribution in [0.4, 0.5) is 0 Å². The fourth-order valence-corrected chi connectivity index (χ4v) is 4.54. The van der Waals surface area contributed by atoms with Crippen molar-refractivity contribution in [3.63, 3.8) is 0 Å². The van der Waals surface area contributed by atoms with Gasteiger partial charge >= 0.3 is 6.01 Å². The highest BCUT2D eigenvalue weighted by Gasteiger charge is 2.15. The number of aromatic nitrogens is 6. The topological polar surface area (TPSA) is 138 Å². The average molecular weight is 518 g/mol. The molecule has 0 aliphatic carbocycles. The van der Waals surface area contributed by atoms with E-state index in [0.717, 1.165) is 50.3 Å². The molecule has 6 rings (SSSR count). The molecule has 0 radical (unpaired) electrons. The molecule has 3 N–H and O–H groups in total. The van der Waals surface area contributed by atoms with Gasteiger partial charge in [-0.1, -0.05) is 54.6 Å². The van der Waals surface area contributed by atoms with Gasteiger partial charge in [0, 0.05) is 35.3 Å². The first-order valence-electron chi connectivity index (χ1n) is 12.3. The lowest BCUT2D eigenvalue weighted by Crippen LogP contribution is -2.24. The Bertz CT molecular complexity index is 1810. The van der Waals surface area contributed by atoms with E-state index in [0.29, 0.717) is 6.54 Å². The second-order valence-electron chi connectivity index (χ2n) is 9.11. The van der Waals surface area contributed by atoms with Crippen LogP contribution in [0.25, 0.3) is 38.9 Å². The molecule has 6 aromatic rings. The predicted octanol–water partition coefficient (Wildman–Crippen LogP) is 3.98. The first-order chi connectivity index (χ1) is 18.9. The quantitative estimate of drug-likeness (QED) is 0.302. The minimum absolute atomic E-state index is 0.0952. The van der Waals surface area contributed by atoms with E-state index in [1.54, 1.807) is 0 Å². The molecule has 192 valence electrons. The van der Waals surface area contributed by atoms with Crippen LogP contribution < -0.4 is 5.32 Å². The van der Waals surface area contributed by atoms with Crippen molar-refractivity contribution < 1.29 is 15.0 Å². The zero-order valence-electron chi connectivity index (χ0n) is 20.9. The van der Waals surface area contributed by atoms with Gasteiger partial charge in [-0.25, -0.2) is 4.98 Å². The summed E-state index contributed by atoms with van der Waals surface area (Å²) in [5.41, 5.74) is 6.52. The monoisotopic (exact) mass is 517 g/mol. The lowest BCUT2D eigenvalue weighted by Gasteiger charge is -2.13. The summed E-state index contributed by atoms with van der Waals surface area (Å²) in [5, 5.41) is 31.2. The van der Waals surface area contributed by atoms with Crippen molar-refractivity contribution in [2.45, 2.75) is 19.9 Å². The summed E-state index contributed by atoms with van der Waals surface area (Å²) in [6.45, 7) is 2.23. The van der Waals surface area contributed by atoms with Crippen molar-refractivity contribution in [1.82, 2.24) is 34.9 Å². The van der Waals surface area contributed by atoms with Crippen LogP contribution in [0.1, 0.15) is 17.1 Å². The number of pyridine rings is 2. The molecule has 0 aliphatic rings. The van der Waals surface area contributed by atoms with E-state index in [1.165, 1.54) is 6.07 Å². The number of nitrogens with zero attached hydrogens (tertiary/aromatic N) is 6. The van der Waals surface area contributed by atoms with E-state index in [1.807, 2.05) is 66.1 Å². The maximum Gasteiger partial charge on any atom is 0.317 e. The fourth-order valence-electron chi connectivity index (χ4n) is 4.54. The second kappa shape index (κ2) is 9.82. The Hall–Kier alpha value is -5.38. The maximum atomic E-state index is 12.4. The average Bonchev–Trinajstić information content (AvgIpc) is 3.32. The Morgan fingerprint density at radius 1 is 0.897 bits per heavy atom. The number of hydrogen-bond donors (Lipinski definition) is 3. The molecule has 0 saturated heterocycles. The Labute approximate surface area is 222 Å². The number of nitrogens with one attached hydrogen (secondary N) is 1. The van der Waals surface area contributed by atoms with E-state index < -0.39 is 6.01 Å². The first kappa shape index (κ1) is 24.0. The number of aryl methyl sites for hydroxylation is 1. The minimum atomic E-state index is -0.577. The van der Waals surface area contributed by atoms with Crippen molar-refractivity contribution in [1.29, 1.82) is 0 Å². The third-order valence-corrected chi connectivity index (χ3v) is 6.44. The van der Waals surface area contributed by atoms with Crippen LogP contribution in [0.5, 0.6) is 11.9 Å². The molecule has 0 unspecified atom stereocenters. The zero-order chi connectivity index (χ0) is 26.9. The maximum absolute atomic E-state index is 12.4. The number of fused-ring (bicyclic) bond motifs is 3. The normalized spacial score (nSPS) is 11.2. The summed E-state index contributed by atoms with van der Waals surface area (Å²) < 4.78 is 1.96. The Kier molecular flexibility index (Phi) is 6.04. The Morgan fingerprint density at radius 3 is 2.46 bits per heavy atom. The van der Waals surface area contributed by atoms with Crippen molar-refractivity contribution in [3.05, 3.63) is 96.1 Å². The second-order valence-corrected chi connectivity index (χ2v) is 9.11. The van der Waals surface area contributed by atoms with Crippen LogP contribution >= 0.6 is 0 Å². The van der Waals surface area contributed by atoms with E-state index in [-0.39, 0.29) is 23.9 Å². The summed E-state index contributed by atoms with van der Waals surface area (Å²) in [6, 6.07) is 22.7. The van der Waals surface area contributed by atoms with Gasteiger partial charge in [-0.15, -0.1) is 10.2 Å². The number of hydrogen-bond acceptors (Lipinski definition) is 8. The molecule has 0 atom stereocenters. The van der Waals surface area contributed by atoms with Crippen molar-refractivity contribution in [3.8, 4) is 34.3 Å². The summed E-state index contributed by atoms with van der Waals surface area (Å²) in [4.78, 5) is 24.5. The summed E-state index contributed by atoms with van der Waals surface area (Å²) >= 11 is 0. The molecule has 0 saturated carbocycles. The van der Waals surface area contributed by atoms with Crippen LogP contribution in [0, 0.1) is 6.92 Å². The van der Waals surface area contributed by atoms with Crippen LogP contribution in [0.3, 0.4) is 0 Å². The molecule has 39 heavy (non-hydrogen) atoms. The molecule has 0 spiro atoms. The first-order valence-corrected chi connectivity index (χ1v) is 12.3. The highest BCUT2D eigenvalue weighted by Crippen LogP contribution is 2.34. The lowest BCUT2D eigenvalue weighted by molar-refractivity contribution is -0.120. The van der Waals surface area contributed by atoms with Crippen LogP contribution in [-0.4, -0.2) is 45.7 Å². The molecule has 10 heteroatoms. The standard InChI is InChI=1S/C29H23N7O3/c1-17-34-35-28-23-15-22(19-5-3-2-4-6-19)27(32-24(23)11-12-36(17)28)20-9-7-18(8-10-20)16-30-25(37)13-21-14-26(38)33-29(39)31-21/h2-12,14-15H,13,16H2,1H3,(H,30,37)(H2,31,33,38,39). The molecule has 0 bridgehead atoms. The van der Waals surface area contributed by atoms with E-state index in [4.69, 9.17) is 4.98 Å². The molecule has 1 amide bonds. The summed E-state index contributed by atoms with van der Waals surface area (Å²) in [5.74, 6) is 0.126. The van der Waals surface area contributed by atoms with Crippen LogP contribution in [-0.2, 0) is 17.8 Å². The number of carbonyl (C=O) groups excluding carboxylic acids is 1. The van der Waals surface area contributed by atoms with Gasteiger partial charge in [-0.3, -0.25) is 9.20 Å². The molecule has 4 aromatic heterocycles. The molecule has 10 nitrogen and oxygen atoms in total. The van der Waals surface area contributed by atoms with Crippen molar-refractivity contribution in [2.75, 3.05) is 0 Å². The Morgan fingerprint density at radius 2 is 1.69 bits per heavy atom. The molecular weight excluding hydrogens is 494 g/mol. The largest absolute Gasteiger partial charge is 0.493 e. The van der Waals surface area contributed by atoms with Crippen LogP contribution in [0.15, 0.2) is 79.0 Å². The highest BCUT2D eigenvalue weighted by atomic mass is 16.3. The number of carbonyl (C=O) groups is 1. The van der Waals surface area contributed by atoms with Gasteiger partial charge in [-0.2, -0.15) is 9.97 Å². The fraction of sp³-hybridized carbons (Fsp3) is 0.103. The number of amides is 1. The van der Waals surface area contributed by atoms with Gasteiger partial charge in [-0.05, 0) is 30.2 Å². The van der Waals surface area contributed by atoms with Gasteiger partial charge in [0.05, 0.1) is 23.3 Å². The summed E-state index contributed by atoms with van der Waals surface area (Å²) in [7, 11) is 0. The van der Waals surface area contributed by atoms with E-state index in [2.05, 4.69) is 43.7 Å². The molecule has 2 aromatic carbocycles. The van der Waals surface area contributed by atoms with Gasteiger partial charge in [0.15, 0.2) is 5.65 Å². The van der Waals surface area contributed by atoms with Crippen molar-refractivity contribution >= 4 is 22.5 Å². The van der Waals surface area contributed by atoms with Gasteiger partial charge in [0.1, 0.15) is 5.82 Å². The molecule has 0 fully saturated rings. The Balaban J connectivity index is 1.29. The molecule has 0 aliphatic heterocycles. The van der Waals surface area contributed by atoms with E-state index in [9.17, 15) is 15.0 Å². The minimum Gasteiger partial charge on any atom is -0.493 e. The lowest BCUT2D eigenvalue weighted by atomic mass is 9.97. The van der Waals surface area contributed by atoms with Gasteiger partial charge in [0.25, 0.3) is 0 Å². The molecule has 4 heterocycles. The predicted molar refractivity (Wildman–Crippen MR) is 145 cm³/mol.